The molecule has 0 saturated heterocycles. The maximum Gasteiger partial charge on any atom is 0.341 e. The molecule has 0 saturated carbocycles. The smallest absolute Gasteiger partial charge is 0.341 e. The predicted octanol–water partition coefficient (Wildman–Crippen LogP) is 23.7. The molecule has 34 nitrogen and oxygen atoms in total. The zero-order chi connectivity index (χ0) is 103. The fourth-order valence-electron chi connectivity index (χ4n) is 13.0. The molecule has 0 unspecified atom stereocenters. The minimum atomic E-state index is -1.07. The van der Waals surface area contributed by atoms with E-state index in [4.69, 9.17) is 94.1 Å². The number of unbranched alkanes of at least 4 members (excludes halogenated alkanes) is 6. The summed E-state index contributed by atoms with van der Waals surface area (Å²) < 4.78 is 19.1. The minimum absolute atomic E-state index is 0.0286. The molecule has 40 heteroatoms. The Bertz CT molecular complexity index is 6440. The van der Waals surface area contributed by atoms with Crippen molar-refractivity contribution >= 4 is 198 Å². The van der Waals surface area contributed by atoms with Gasteiger partial charge in [-0.3, -0.25) is 44.0 Å². The SMILES string of the molecule is CCOC(=O)c1cnc(Cl)nc1.CCOC(=O)c1cnc(N(c2ccccc2)c2ccccc2Cl)nc1.CCOC(=O)c1cnc(Nc2ccccc2Cl)nc1.COC(=O)CCCCCCNC(=O)c1cnc(N(c2ccccc2)c2ccccc2Cl)nc1.O=C(CCCCCCNC(=O)c1cnc(N(c2ccccc2)c2ccccc2Cl)nc1)NO.O=C(O)c1cnc(N(c2ccccc2)c2ccccc2Cl)nc1. The second kappa shape index (κ2) is 60.3. The molecule has 3 amide bonds. The van der Waals surface area contributed by atoms with E-state index in [9.17, 15) is 38.4 Å². The summed E-state index contributed by atoms with van der Waals surface area (Å²) in [6.07, 6.45) is 24.3. The largest absolute Gasteiger partial charge is 0.478 e. The van der Waals surface area contributed by atoms with Crippen molar-refractivity contribution < 1.29 is 67.6 Å². The first kappa shape index (κ1) is 111. The Morgan fingerprint density at radius 1 is 0.310 bits per heavy atom. The molecule has 15 rings (SSSR count). The number of carbonyl (C=O) groups excluding carboxylic acids is 7. The lowest BCUT2D eigenvalue weighted by molar-refractivity contribution is -0.140. The molecule has 0 aliphatic carbocycles. The number of hydrogen-bond acceptors (Lipinski definition) is 30. The van der Waals surface area contributed by atoms with Gasteiger partial charge in [0.1, 0.15) is 0 Å². The van der Waals surface area contributed by atoms with Gasteiger partial charge >= 0.3 is 29.8 Å². The van der Waals surface area contributed by atoms with Crippen LogP contribution in [-0.2, 0) is 28.5 Å². The van der Waals surface area contributed by atoms with Crippen LogP contribution in [0.5, 0.6) is 0 Å². The number of hydrogen-bond donors (Lipinski definition) is 6. The van der Waals surface area contributed by atoms with Gasteiger partial charge in [0, 0.05) is 123 Å². The lowest BCUT2D eigenvalue weighted by Gasteiger charge is -2.23. The fourth-order valence-corrected chi connectivity index (χ4v) is 14.2. The highest BCUT2D eigenvalue weighted by Gasteiger charge is 2.25. The Morgan fingerprint density at radius 2 is 0.579 bits per heavy atom. The number of nitrogens with zero attached hydrogens (tertiary/aromatic N) is 16. The van der Waals surface area contributed by atoms with Crippen LogP contribution in [0.1, 0.15) is 147 Å². The summed E-state index contributed by atoms with van der Waals surface area (Å²) in [6.45, 7) is 7.25. The summed E-state index contributed by atoms with van der Waals surface area (Å²) in [7, 11) is 1.39. The third-order valence-corrected chi connectivity index (χ3v) is 21.8. The average Bonchev–Trinajstić information content (AvgIpc) is 0.810. The van der Waals surface area contributed by atoms with Gasteiger partial charge in [0.2, 0.25) is 40.9 Å². The number of benzene rings is 9. The van der Waals surface area contributed by atoms with Gasteiger partial charge in [-0.15, -0.1) is 0 Å². The van der Waals surface area contributed by atoms with Crippen LogP contribution in [0.4, 0.5) is 80.9 Å². The van der Waals surface area contributed by atoms with Gasteiger partial charge in [-0.05, 0) is 167 Å². The van der Waals surface area contributed by atoms with Gasteiger partial charge in [0.05, 0.1) is 114 Å². The van der Waals surface area contributed by atoms with E-state index in [0.29, 0.717) is 146 Å². The van der Waals surface area contributed by atoms with E-state index < -0.39 is 23.9 Å². The maximum absolute atomic E-state index is 12.4. The molecule has 746 valence electrons. The molecular weight excluding hydrogens is 1980 g/mol. The maximum atomic E-state index is 12.4. The molecule has 15 aromatic rings. The van der Waals surface area contributed by atoms with Gasteiger partial charge in [-0.2, -0.15) is 0 Å². The molecule has 9 aromatic carbocycles. The first-order chi connectivity index (χ1) is 70.5. The predicted molar refractivity (Wildman–Crippen MR) is 558 cm³/mol. The second-order valence-corrected chi connectivity index (χ2v) is 32.5. The molecule has 6 N–H and O–H groups in total. The number of nitrogens with one attached hydrogen (secondary N) is 4. The van der Waals surface area contributed by atoms with Gasteiger partial charge in [0.15, 0.2) is 0 Å². The van der Waals surface area contributed by atoms with Crippen molar-refractivity contribution in [3.05, 3.63) is 381 Å². The lowest BCUT2D eigenvalue weighted by Crippen LogP contribution is -2.25. The van der Waals surface area contributed by atoms with E-state index in [1.165, 1.54) is 81.5 Å². The highest BCUT2D eigenvalue weighted by molar-refractivity contribution is 6.35. The Kier molecular flexibility index (Phi) is 46.1. The van der Waals surface area contributed by atoms with Crippen molar-refractivity contribution in [3.8, 4) is 0 Å². The van der Waals surface area contributed by atoms with Crippen LogP contribution in [0.25, 0.3) is 0 Å². The van der Waals surface area contributed by atoms with Gasteiger partial charge < -0.3 is 40.0 Å². The molecule has 0 radical (unpaired) electrons. The van der Waals surface area contributed by atoms with Crippen LogP contribution in [0.2, 0.25) is 30.4 Å². The number of aromatic carboxylic acids is 1. The highest BCUT2D eigenvalue weighted by Crippen LogP contribution is 2.41. The molecule has 0 bridgehead atoms. The second-order valence-electron chi connectivity index (χ2n) is 30.1. The topological polar surface area (TPSA) is 430 Å². The van der Waals surface area contributed by atoms with Gasteiger partial charge in [0.25, 0.3) is 11.8 Å². The number of carboxylic acid groups (broad SMARTS) is 1. The van der Waals surface area contributed by atoms with E-state index in [-0.39, 0.29) is 34.5 Å². The standard InChI is InChI=1S/C25H27ClN4O3.C24H26ClN5O3.C19H16ClN3O2.C17H12ClN3O2.C13H12ClN3O2.C7H7ClN2O2/c1-33-23(31)15-7-2-3-10-16-27-24(32)19-17-28-25(29-18-19)30(20-11-5-4-6-12-20)22-14-9-8-13-21(22)26;25-20-12-7-8-13-21(20)30(19-10-4-3-5-11-19)24-27-16-18(17-28-24)23(32)26-15-9-2-1-6-14-22(31)29-33;1-2-25-18(24)14-12-21-19(22-13-14)23(15-8-4-3-5-9-15)17-11-7-6-10-16(17)20;18-14-8-4-5-9-15(14)21(13-6-2-1-3-7-13)17-19-10-12(11-20-17)16(22)23;1-2-19-12(18)9-7-15-13(16-8-9)17-11-6-4-3-5-10(11)14;1-2-12-6(11)5-3-9-7(8)10-4-5/h4-6,8-9,11-14,17-18H,2-3,7,10,15-16H2,1H3,(H,27,32);3-5,7-8,10-13,16-17,33H,1-2,6,9,14-15H2,(H,26,32)(H,29,31);3-13H,2H2,1H3;1-11H,(H,22,23);3-8H,2H2,1H3,(H,15,16,17);3-4H,2H2,1H3. The van der Waals surface area contributed by atoms with Crippen molar-refractivity contribution in [1.82, 2.24) is 75.9 Å². The number of para-hydroxylation sites is 9. The molecule has 0 fully saturated rings. The van der Waals surface area contributed by atoms with Crippen LogP contribution in [0.15, 0.2) is 317 Å². The Hall–Kier alpha value is -16.1. The number of halogens is 6. The number of rotatable bonds is 37. The normalized spacial score (nSPS) is 10.3. The van der Waals surface area contributed by atoms with Gasteiger partial charge in [-0.1, -0.05) is 217 Å². The summed E-state index contributed by atoms with van der Waals surface area (Å²) in [5.74, 6) is -1.50. The minimum Gasteiger partial charge on any atom is -0.478 e. The zero-order valence-electron chi connectivity index (χ0n) is 78.8. The van der Waals surface area contributed by atoms with Crippen molar-refractivity contribution in [2.45, 2.75) is 85.0 Å². The summed E-state index contributed by atoms with van der Waals surface area (Å²) >= 11 is 37.0. The van der Waals surface area contributed by atoms with Crippen LogP contribution >= 0.6 is 69.6 Å². The Labute approximate surface area is 866 Å². The van der Waals surface area contributed by atoms with Gasteiger partial charge in [-0.25, -0.2) is 84.5 Å². The number of anilines is 14. The van der Waals surface area contributed by atoms with E-state index >= 15 is 0 Å². The molecular formula is C105H100Cl6N20O14. The van der Waals surface area contributed by atoms with Crippen molar-refractivity contribution in [1.29, 1.82) is 0 Å². The molecule has 0 atom stereocenters. The number of methoxy groups -OCH3 is 1. The number of carboxylic acids is 1. The molecule has 145 heavy (non-hydrogen) atoms. The summed E-state index contributed by atoms with van der Waals surface area (Å²) in [5, 5.41) is 29.1. The summed E-state index contributed by atoms with van der Waals surface area (Å²) in [4.78, 5) is 149. The first-order valence-electron chi connectivity index (χ1n) is 45.3. The van der Waals surface area contributed by atoms with E-state index in [1.807, 2.05) is 233 Å². The third-order valence-electron chi connectivity index (χ3n) is 20.0. The van der Waals surface area contributed by atoms with Crippen molar-refractivity contribution in [3.63, 3.8) is 0 Å². The van der Waals surface area contributed by atoms with Crippen LogP contribution in [-0.4, -0.2) is 158 Å². The third kappa shape index (κ3) is 35.2. The molecule has 6 aromatic heterocycles. The summed E-state index contributed by atoms with van der Waals surface area (Å²) in [6, 6.07) is 75.4. The number of amides is 3. The average molecular weight is 2080 g/mol. The number of ether oxygens (including phenoxy) is 4. The van der Waals surface area contributed by atoms with E-state index in [2.05, 4.69) is 80.5 Å². The number of hydroxylamine groups is 1. The lowest BCUT2D eigenvalue weighted by atomic mass is 10.1. The fraction of sp³-hybridized carbons (Fsp3) is 0.181. The van der Waals surface area contributed by atoms with E-state index in [0.717, 1.165) is 84.8 Å². The quantitative estimate of drug-likeness (QED) is 0.00526. The molecule has 0 aliphatic heterocycles. The monoisotopic (exact) mass is 2070 g/mol. The molecule has 0 spiro atoms. The van der Waals surface area contributed by atoms with Crippen LogP contribution in [0, 0.1) is 0 Å². The van der Waals surface area contributed by atoms with Crippen LogP contribution in [0.3, 0.4) is 0 Å². The van der Waals surface area contributed by atoms with Crippen LogP contribution < -0.4 is 41.0 Å². The first-order valence-corrected chi connectivity index (χ1v) is 47.6. The number of carbonyl (C=O) groups is 8. The molecule has 6 heterocycles. The van der Waals surface area contributed by atoms with E-state index in [1.54, 1.807) is 55.4 Å². The van der Waals surface area contributed by atoms with Crippen molar-refractivity contribution in [2.24, 2.45) is 0 Å². The zero-order valence-corrected chi connectivity index (χ0v) is 83.4. The molecule has 0 aliphatic rings. The Morgan fingerprint density at radius 3 is 0.876 bits per heavy atom. The number of aromatic nitrogens is 12. The summed E-state index contributed by atoms with van der Waals surface area (Å²) in [5.41, 5.74) is 10.3. The van der Waals surface area contributed by atoms with Crippen molar-refractivity contribution in [2.75, 3.05) is 64.9 Å². The highest BCUT2D eigenvalue weighted by atomic mass is 35.5. The number of esters is 4. The Balaban J connectivity index is 0.000000183.